The highest BCUT2D eigenvalue weighted by Gasteiger charge is 2.52. The predicted octanol–water partition coefficient (Wildman–Crippen LogP) is 5.47. The van der Waals surface area contributed by atoms with Crippen LogP contribution in [0.4, 0.5) is 40.7 Å². The van der Waals surface area contributed by atoms with Gasteiger partial charge < -0.3 is 25.0 Å². The van der Waals surface area contributed by atoms with Crippen LogP contribution in [0.15, 0.2) is 47.5 Å². The average Bonchev–Trinajstić information content (AvgIpc) is 3.19. The van der Waals surface area contributed by atoms with Gasteiger partial charge in [0.2, 0.25) is 27.8 Å². The largest absolute Gasteiger partial charge is 0.421 e. The number of halogens is 5. The monoisotopic (exact) mass is 892 g/mol. The standard InChI is InChI=1S/C41H49ClF4N8O6S/c1-25-21-52(26-4-6-28(31(42)18-26)29-7-9-34(55)49-36(29)56)16-17-53(25)23-40-13-11-39(12-14-40,24-60-40)51-61(58,59)27-5-8-33(32(43)19-27)48-37-47-20-30(41(44,45)46)35(50-37)54-15-3-10-38(2,57)22-54/h4-6,8,18-20,25,29,51,57H,3,7,9-17,21-24H2,1-2H3,(H,47,48,50)(H,49,55,56)/t25-,29?,38-,39?,40?/m0/s1. The first-order valence-electron chi connectivity index (χ1n) is 20.5. The first kappa shape index (κ1) is 43.5. The van der Waals surface area contributed by atoms with E-state index >= 15 is 4.39 Å². The molecule has 1 unspecified atom stereocenters. The Morgan fingerprint density at radius 1 is 1.05 bits per heavy atom. The van der Waals surface area contributed by atoms with E-state index in [-0.39, 0.29) is 60.5 Å². The van der Waals surface area contributed by atoms with E-state index in [9.17, 15) is 36.3 Å². The second kappa shape index (κ2) is 16.2. The molecule has 9 rings (SSSR count). The molecule has 330 valence electrons. The summed E-state index contributed by atoms with van der Waals surface area (Å²) in [6.45, 7) is 6.90. The molecule has 6 heterocycles. The van der Waals surface area contributed by atoms with Gasteiger partial charge in [-0.25, -0.2) is 22.5 Å². The Kier molecular flexibility index (Phi) is 11.6. The number of β-amino-alcohol motifs (C(OH)–C–C–N with tert-alkyl or cyclic N) is 1. The SMILES string of the molecule is C[C@H]1CN(c2ccc(C3CCC(=O)NC3=O)c(Cl)c2)CCN1CC12CCC(NS(=O)(=O)c3ccc(Nc4ncc(C(F)(F)F)c(N5CCC[C@](C)(O)C5)n4)c(F)c3)(CC1)CO2. The zero-order valence-electron chi connectivity index (χ0n) is 33.8. The Hall–Kier alpha value is -4.14. The molecular weight excluding hydrogens is 844 g/mol. The molecule has 4 N–H and O–H groups in total. The quantitative estimate of drug-likeness (QED) is 0.150. The van der Waals surface area contributed by atoms with Crippen molar-refractivity contribution < 1.29 is 45.4 Å². The number of anilines is 4. The molecule has 5 aliphatic heterocycles. The summed E-state index contributed by atoms with van der Waals surface area (Å²) in [5.74, 6) is -2.82. The molecule has 2 amide bonds. The molecule has 6 aliphatic rings. The van der Waals surface area contributed by atoms with E-state index < -0.39 is 56.1 Å². The predicted molar refractivity (Wildman–Crippen MR) is 219 cm³/mol. The number of benzene rings is 2. The van der Waals surface area contributed by atoms with E-state index in [2.05, 4.69) is 42.0 Å². The summed E-state index contributed by atoms with van der Waals surface area (Å²) in [4.78, 5) is 37.5. The third kappa shape index (κ3) is 9.18. The number of hydrogen-bond donors (Lipinski definition) is 4. The van der Waals surface area contributed by atoms with Gasteiger partial charge in [-0.2, -0.15) is 18.2 Å². The fourth-order valence-electron chi connectivity index (χ4n) is 9.42. The van der Waals surface area contributed by atoms with E-state index in [0.717, 1.165) is 31.4 Å². The van der Waals surface area contributed by atoms with Crippen molar-refractivity contribution in [1.29, 1.82) is 0 Å². The molecule has 1 aliphatic carbocycles. The molecular formula is C41H49ClF4N8O6S. The molecule has 3 atom stereocenters. The number of carbonyl (C=O) groups is 2. The molecule has 61 heavy (non-hydrogen) atoms. The second-order valence-corrected chi connectivity index (χ2v) is 19.6. The van der Waals surface area contributed by atoms with Crippen LogP contribution in [0.5, 0.6) is 0 Å². The first-order chi connectivity index (χ1) is 28.7. The van der Waals surface area contributed by atoms with Crippen LogP contribution in [0, 0.1) is 5.82 Å². The minimum atomic E-state index is -4.78. The molecule has 1 aromatic heterocycles. The second-order valence-electron chi connectivity index (χ2n) is 17.5. The summed E-state index contributed by atoms with van der Waals surface area (Å²) >= 11 is 6.67. The third-order valence-electron chi connectivity index (χ3n) is 12.9. The highest BCUT2D eigenvalue weighted by molar-refractivity contribution is 7.89. The van der Waals surface area contributed by atoms with Crippen LogP contribution in [0.3, 0.4) is 0 Å². The van der Waals surface area contributed by atoms with Gasteiger partial charge in [0.05, 0.1) is 39.8 Å². The van der Waals surface area contributed by atoms with Crippen molar-refractivity contribution in [3.8, 4) is 0 Å². The number of fused-ring (bicyclic) bond motifs is 3. The molecule has 5 saturated heterocycles. The van der Waals surface area contributed by atoms with Crippen molar-refractivity contribution in [2.75, 3.05) is 61.0 Å². The summed E-state index contributed by atoms with van der Waals surface area (Å²) in [5, 5.41) is 16.0. The number of nitrogens with zero attached hydrogens (tertiary/aromatic N) is 5. The molecule has 20 heteroatoms. The average molecular weight is 893 g/mol. The van der Waals surface area contributed by atoms with Gasteiger partial charge in [0.15, 0.2) is 0 Å². The number of hydrogen-bond acceptors (Lipinski definition) is 12. The number of rotatable bonds is 10. The van der Waals surface area contributed by atoms with Crippen LogP contribution >= 0.6 is 11.6 Å². The molecule has 0 spiro atoms. The normalized spacial score (nSPS) is 28.9. The number of nitrogens with one attached hydrogen (secondary N) is 3. The summed E-state index contributed by atoms with van der Waals surface area (Å²) in [6, 6.07) is 9.10. The summed E-state index contributed by atoms with van der Waals surface area (Å²) in [5.41, 5.74) is -2.21. The van der Waals surface area contributed by atoms with Crippen LogP contribution in [0.25, 0.3) is 0 Å². The number of amides is 2. The molecule has 1 saturated carbocycles. The van der Waals surface area contributed by atoms with Crippen LogP contribution in [0.2, 0.25) is 5.02 Å². The highest BCUT2D eigenvalue weighted by atomic mass is 35.5. The maximum Gasteiger partial charge on any atom is 0.421 e. The smallest absolute Gasteiger partial charge is 0.388 e. The zero-order chi connectivity index (χ0) is 43.5. The van der Waals surface area contributed by atoms with Crippen LogP contribution in [-0.2, 0) is 30.5 Å². The molecule has 3 aromatic rings. The highest BCUT2D eigenvalue weighted by Crippen LogP contribution is 2.46. The minimum Gasteiger partial charge on any atom is -0.388 e. The van der Waals surface area contributed by atoms with E-state index in [4.69, 9.17) is 16.3 Å². The topological polar surface area (TPSA) is 169 Å². The molecule has 6 fully saturated rings. The van der Waals surface area contributed by atoms with Crippen molar-refractivity contribution in [3.05, 3.63) is 64.6 Å². The van der Waals surface area contributed by atoms with Crippen molar-refractivity contribution in [2.45, 2.75) is 105 Å². The Bertz CT molecular complexity index is 2290. The van der Waals surface area contributed by atoms with Crippen LogP contribution < -0.4 is 25.2 Å². The van der Waals surface area contributed by atoms with Gasteiger partial charge in [0.1, 0.15) is 17.2 Å². The fourth-order valence-corrected chi connectivity index (χ4v) is 11.2. The molecule has 2 aromatic carbocycles. The summed E-state index contributed by atoms with van der Waals surface area (Å²) in [7, 11) is -4.22. The van der Waals surface area contributed by atoms with Gasteiger partial charge in [-0.3, -0.25) is 19.8 Å². The lowest BCUT2D eigenvalue weighted by Gasteiger charge is -2.55. The first-order valence-corrected chi connectivity index (χ1v) is 22.4. The van der Waals surface area contributed by atoms with Gasteiger partial charge in [-0.1, -0.05) is 17.7 Å². The van der Waals surface area contributed by atoms with Crippen molar-refractivity contribution in [1.82, 2.24) is 24.9 Å². The number of piperazine rings is 1. The molecule has 2 bridgehead atoms. The lowest BCUT2D eigenvalue weighted by Crippen LogP contribution is -2.66. The minimum absolute atomic E-state index is 0.0874. The maximum atomic E-state index is 15.5. The molecule has 14 nitrogen and oxygen atoms in total. The lowest BCUT2D eigenvalue weighted by atomic mass is 9.71. The number of sulfonamides is 1. The number of aliphatic hydroxyl groups is 1. The van der Waals surface area contributed by atoms with Crippen LogP contribution in [0.1, 0.15) is 82.3 Å². The number of ether oxygens (including phenoxy) is 1. The van der Waals surface area contributed by atoms with Crippen molar-refractivity contribution in [3.63, 3.8) is 0 Å². The lowest BCUT2D eigenvalue weighted by molar-refractivity contribution is -0.169. The zero-order valence-corrected chi connectivity index (χ0v) is 35.4. The van der Waals surface area contributed by atoms with Gasteiger partial charge in [0, 0.05) is 68.6 Å². The van der Waals surface area contributed by atoms with E-state index in [1.807, 2.05) is 18.2 Å². The Balaban J connectivity index is 0.869. The van der Waals surface area contributed by atoms with E-state index in [1.165, 1.54) is 24.0 Å². The number of carbonyl (C=O) groups excluding carboxylic acids is 2. The van der Waals surface area contributed by atoms with Crippen molar-refractivity contribution in [2.24, 2.45) is 0 Å². The van der Waals surface area contributed by atoms with Gasteiger partial charge >= 0.3 is 6.18 Å². The summed E-state index contributed by atoms with van der Waals surface area (Å²) < 4.78 is 93.9. The fraction of sp³-hybridized carbons (Fsp3) is 0.561. The Labute approximate surface area is 356 Å². The van der Waals surface area contributed by atoms with Gasteiger partial charge in [-0.05, 0) is 94.7 Å². The maximum absolute atomic E-state index is 15.5. The van der Waals surface area contributed by atoms with Crippen LogP contribution in [-0.4, -0.2) is 109 Å². The third-order valence-corrected chi connectivity index (χ3v) is 14.8. The van der Waals surface area contributed by atoms with E-state index in [0.29, 0.717) is 68.3 Å². The number of piperidine rings is 2. The number of alkyl halides is 3. The molecule has 0 radical (unpaired) electrons. The summed E-state index contributed by atoms with van der Waals surface area (Å²) in [6.07, 6.45) is -0.318. The number of imide groups is 1. The number of aromatic nitrogens is 2. The van der Waals surface area contributed by atoms with E-state index in [1.54, 1.807) is 0 Å². The van der Waals surface area contributed by atoms with Gasteiger partial charge in [0.25, 0.3) is 0 Å². The Morgan fingerprint density at radius 2 is 1.82 bits per heavy atom. The Morgan fingerprint density at radius 3 is 2.46 bits per heavy atom. The van der Waals surface area contributed by atoms with Gasteiger partial charge in [-0.15, -0.1) is 0 Å². The van der Waals surface area contributed by atoms with Crippen molar-refractivity contribution >= 4 is 56.6 Å².